The minimum absolute atomic E-state index is 0.0648. The number of rotatable bonds is 3. The van der Waals surface area contributed by atoms with Gasteiger partial charge in [0.25, 0.3) is 0 Å². The molecular weight excluding hydrogens is 164 g/mol. The third kappa shape index (κ3) is 17.8. The molecule has 0 atom stereocenters. The van der Waals surface area contributed by atoms with Crippen molar-refractivity contribution < 1.29 is 9.47 Å². The van der Waals surface area contributed by atoms with Crippen molar-refractivity contribution in [2.24, 2.45) is 5.92 Å². The molecule has 2 nitrogen and oxygen atoms in total. The maximum Gasteiger partial charge on any atom is 0.154 e. The van der Waals surface area contributed by atoms with Crippen LogP contribution in [0.3, 0.4) is 0 Å². The molecule has 0 saturated carbocycles. The van der Waals surface area contributed by atoms with E-state index in [0.29, 0.717) is 5.92 Å². The first-order valence-electron chi connectivity index (χ1n) is 3.70. The highest BCUT2D eigenvalue weighted by Crippen LogP contribution is 1.91. The molecule has 0 rings (SSSR count). The molecule has 0 N–H and O–H groups in total. The second-order valence-corrected chi connectivity index (χ2v) is 2.90. The monoisotopic (exact) mass is 182 g/mol. The fourth-order valence-corrected chi connectivity index (χ4v) is 0.0962. The molecule has 0 aliphatic heterocycles. The molecule has 0 amide bonds. The van der Waals surface area contributed by atoms with Crippen LogP contribution in [0.25, 0.3) is 0 Å². The summed E-state index contributed by atoms with van der Waals surface area (Å²) in [5.74, 6) is 1.43. The van der Waals surface area contributed by atoms with E-state index >= 15 is 0 Å². The van der Waals surface area contributed by atoms with Gasteiger partial charge >= 0.3 is 0 Å². The Hall–Kier alpha value is 0.210. The lowest BCUT2D eigenvalue weighted by atomic mass is 10.3. The van der Waals surface area contributed by atoms with Gasteiger partial charge in [-0.05, 0) is 12.8 Å². The normalized spacial score (nSPS) is 9.82. The summed E-state index contributed by atoms with van der Waals surface area (Å²) < 4.78 is 9.35. The standard InChI is InChI=1S/C4H9Cl.C4H10O2/c1-4(2)3-5;1-4(5-2)6-3/h4H,3H2,1-2H3;4H,1-3H3. The molecule has 0 aliphatic carbocycles. The third-order valence-electron chi connectivity index (χ3n) is 0.972. The van der Waals surface area contributed by atoms with Crippen molar-refractivity contribution in [2.75, 3.05) is 20.1 Å². The van der Waals surface area contributed by atoms with Gasteiger partial charge < -0.3 is 9.47 Å². The van der Waals surface area contributed by atoms with E-state index in [1.807, 2.05) is 6.92 Å². The lowest BCUT2D eigenvalue weighted by Crippen LogP contribution is -2.05. The Bertz CT molecular complexity index is 63.1. The molecule has 0 heterocycles. The predicted octanol–water partition coefficient (Wildman–Crippen LogP) is 2.51. The van der Waals surface area contributed by atoms with Gasteiger partial charge in [-0.15, -0.1) is 11.6 Å². The highest BCUT2D eigenvalue weighted by Gasteiger charge is 1.87. The first kappa shape index (κ1) is 13.8. The van der Waals surface area contributed by atoms with Gasteiger partial charge in [-0.25, -0.2) is 0 Å². The molecule has 3 heteroatoms. The summed E-state index contributed by atoms with van der Waals surface area (Å²) >= 11 is 5.34. The lowest BCUT2D eigenvalue weighted by molar-refractivity contribution is -0.0877. The Kier molecular flexibility index (Phi) is 12.8. The zero-order valence-corrected chi connectivity index (χ0v) is 8.81. The summed E-state index contributed by atoms with van der Waals surface area (Å²) in [6, 6.07) is 0. The molecule has 11 heavy (non-hydrogen) atoms. The van der Waals surface area contributed by atoms with Gasteiger partial charge in [0.1, 0.15) is 0 Å². The first-order valence-corrected chi connectivity index (χ1v) is 4.23. The minimum Gasteiger partial charge on any atom is -0.356 e. The van der Waals surface area contributed by atoms with Crippen LogP contribution in [0.15, 0.2) is 0 Å². The van der Waals surface area contributed by atoms with E-state index in [-0.39, 0.29) is 6.29 Å². The van der Waals surface area contributed by atoms with Crippen molar-refractivity contribution in [3.63, 3.8) is 0 Å². The first-order chi connectivity index (χ1) is 5.08. The van der Waals surface area contributed by atoms with Crippen LogP contribution in [-0.4, -0.2) is 26.4 Å². The maximum absolute atomic E-state index is 5.34. The second-order valence-electron chi connectivity index (χ2n) is 2.59. The van der Waals surface area contributed by atoms with Crippen LogP contribution in [0.2, 0.25) is 0 Å². The molecule has 0 fully saturated rings. The SMILES string of the molecule is CC(C)CCl.COC(C)OC. The molecule has 0 radical (unpaired) electrons. The fraction of sp³-hybridized carbons (Fsp3) is 1.00. The van der Waals surface area contributed by atoms with Crippen LogP contribution in [0, 0.1) is 5.92 Å². The molecule has 70 valence electrons. The average Bonchev–Trinajstić information content (AvgIpc) is 2.04. The quantitative estimate of drug-likeness (QED) is 0.493. The number of alkyl halides is 1. The zero-order chi connectivity index (χ0) is 9.28. The second kappa shape index (κ2) is 10.2. The van der Waals surface area contributed by atoms with E-state index in [9.17, 15) is 0 Å². The molecule has 0 aromatic carbocycles. The van der Waals surface area contributed by atoms with Gasteiger partial charge in [0, 0.05) is 20.1 Å². The van der Waals surface area contributed by atoms with Crippen molar-refractivity contribution in [3.8, 4) is 0 Å². The van der Waals surface area contributed by atoms with Crippen LogP contribution in [0.5, 0.6) is 0 Å². The fourth-order valence-electron chi connectivity index (χ4n) is 0.0962. The molecular formula is C8H19ClO2. The molecule has 0 bridgehead atoms. The Morgan fingerprint density at radius 2 is 1.36 bits per heavy atom. The highest BCUT2D eigenvalue weighted by molar-refractivity contribution is 6.17. The highest BCUT2D eigenvalue weighted by atomic mass is 35.5. The number of methoxy groups -OCH3 is 2. The maximum atomic E-state index is 5.34. The Morgan fingerprint density at radius 1 is 1.09 bits per heavy atom. The largest absolute Gasteiger partial charge is 0.356 e. The van der Waals surface area contributed by atoms with E-state index in [2.05, 4.69) is 23.3 Å². The van der Waals surface area contributed by atoms with Gasteiger partial charge in [-0.1, -0.05) is 13.8 Å². The Labute approximate surface area is 74.8 Å². The summed E-state index contributed by atoms with van der Waals surface area (Å²) in [6.07, 6.45) is -0.0648. The smallest absolute Gasteiger partial charge is 0.154 e. The molecule has 0 aliphatic rings. The van der Waals surface area contributed by atoms with Gasteiger partial charge in [-0.3, -0.25) is 0 Å². The lowest BCUT2D eigenvalue weighted by Gasteiger charge is -2.03. The van der Waals surface area contributed by atoms with Crippen LogP contribution >= 0.6 is 11.6 Å². The van der Waals surface area contributed by atoms with Crippen LogP contribution < -0.4 is 0 Å². The summed E-state index contributed by atoms with van der Waals surface area (Å²) in [5.41, 5.74) is 0. The van der Waals surface area contributed by atoms with Crippen molar-refractivity contribution in [2.45, 2.75) is 27.1 Å². The topological polar surface area (TPSA) is 18.5 Å². The Balaban J connectivity index is 0. The van der Waals surface area contributed by atoms with Crippen LogP contribution in [0.4, 0.5) is 0 Å². The van der Waals surface area contributed by atoms with Gasteiger partial charge in [0.2, 0.25) is 0 Å². The number of hydrogen-bond acceptors (Lipinski definition) is 2. The third-order valence-corrected chi connectivity index (χ3v) is 1.59. The minimum atomic E-state index is -0.0648. The van der Waals surface area contributed by atoms with Crippen molar-refractivity contribution in [1.82, 2.24) is 0 Å². The van der Waals surface area contributed by atoms with Crippen molar-refractivity contribution in [1.29, 1.82) is 0 Å². The van der Waals surface area contributed by atoms with E-state index in [4.69, 9.17) is 11.6 Å². The van der Waals surface area contributed by atoms with Crippen molar-refractivity contribution in [3.05, 3.63) is 0 Å². The summed E-state index contributed by atoms with van der Waals surface area (Å²) in [4.78, 5) is 0. The number of ether oxygens (including phenoxy) is 2. The predicted molar refractivity (Wildman–Crippen MR) is 49.0 cm³/mol. The summed E-state index contributed by atoms with van der Waals surface area (Å²) in [7, 11) is 3.21. The van der Waals surface area contributed by atoms with Gasteiger partial charge in [0.05, 0.1) is 0 Å². The molecule has 0 saturated heterocycles. The van der Waals surface area contributed by atoms with Crippen LogP contribution in [-0.2, 0) is 9.47 Å². The zero-order valence-electron chi connectivity index (χ0n) is 8.06. The molecule has 0 spiro atoms. The van der Waals surface area contributed by atoms with E-state index in [1.165, 1.54) is 0 Å². The van der Waals surface area contributed by atoms with Crippen LogP contribution in [0.1, 0.15) is 20.8 Å². The Morgan fingerprint density at radius 3 is 1.36 bits per heavy atom. The average molecular weight is 183 g/mol. The molecule has 0 aromatic heterocycles. The van der Waals surface area contributed by atoms with E-state index < -0.39 is 0 Å². The summed E-state index contributed by atoms with van der Waals surface area (Å²) in [5, 5.41) is 0. The number of hydrogen-bond donors (Lipinski definition) is 0. The summed E-state index contributed by atoms with van der Waals surface area (Å²) in [6.45, 7) is 6.01. The van der Waals surface area contributed by atoms with Gasteiger partial charge in [0.15, 0.2) is 6.29 Å². The van der Waals surface area contributed by atoms with Gasteiger partial charge in [-0.2, -0.15) is 0 Å². The molecule has 0 aromatic rings. The molecule has 0 unspecified atom stereocenters. The number of halogens is 1. The van der Waals surface area contributed by atoms with E-state index in [0.717, 1.165) is 5.88 Å². The van der Waals surface area contributed by atoms with E-state index in [1.54, 1.807) is 14.2 Å². The van der Waals surface area contributed by atoms with Crippen molar-refractivity contribution >= 4 is 11.6 Å².